The minimum Gasteiger partial charge on any atom is -0.456 e. The molecule has 0 radical (unpaired) electrons. The standard InChI is InChI=1S/C41H31N3O/c1-2-12-28(13-3-1)39-42-40(29-24-23-27-22-21-26-11-4-5-14-30(26)35(27)25-29)44-41(43-39)33-16-7-6-15-31(33)32-18-10-20-37-38(32)34-17-8-9-19-36(34)45-37/h1-3,5,7-10,12-14,16-25,31,33H,4,6,11,15H2. The van der Waals surface area contributed by atoms with Crippen LogP contribution in [0.1, 0.15) is 53.6 Å². The Balaban J connectivity index is 1.23. The van der Waals surface area contributed by atoms with Crippen LogP contribution in [-0.4, -0.2) is 15.0 Å². The van der Waals surface area contributed by atoms with Crippen LogP contribution in [0, 0.1) is 0 Å². The van der Waals surface area contributed by atoms with Gasteiger partial charge >= 0.3 is 0 Å². The monoisotopic (exact) mass is 581 g/mol. The summed E-state index contributed by atoms with van der Waals surface area (Å²) in [5.41, 5.74) is 7.85. The largest absolute Gasteiger partial charge is 0.456 e. The van der Waals surface area contributed by atoms with Crippen LogP contribution in [0.25, 0.3) is 61.6 Å². The molecule has 0 N–H and O–H groups in total. The van der Waals surface area contributed by atoms with Gasteiger partial charge in [0.1, 0.15) is 17.0 Å². The normalized spacial score (nSPS) is 17.7. The highest BCUT2D eigenvalue weighted by Crippen LogP contribution is 2.45. The van der Waals surface area contributed by atoms with Crippen LogP contribution in [-0.2, 0) is 6.42 Å². The van der Waals surface area contributed by atoms with Crippen LogP contribution in [0.4, 0.5) is 0 Å². The summed E-state index contributed by atoms with van der Waals surface area (Å²) in [5, 5.41) is 4.84. The zero-order valence-corrected chi connectivity index (χ0v) is 24.9. The smallest absolute Gasteiger partial charge is 0.163 e. The maximum atomic E-state index is 6.29. The Morgan fingerprint density at radius 3 is 2.40 bits per heavy atom. The number of aromatic nitrogens is 3. The molecule has 4 heteroatoms. The minimum atomic E-state index is -0.00151. The van der Waals surface area contributed by atoms with Crippen molar-refractivity contribution >= 4 is 38.8 Å². The van der Waals surface area contributed by atoms with Gasteiger partial charge in [0, 0.05) is 27.8 Å². The predicted molar refractivity (Wildman–Crippen MR) is 183 cm³/mol. The number of hydrogen-bond donors (Lipinski definition) is 0. The van der Waals surface area contributed by atoms with Gasteiger partial charge in [-0.05, 0) is 77.3 Å². The lowest BCUT2D eigenvalue weighted by Crippen LogP contribution is -2.17. The molecule has 0 fully saturated rings. The first kappa shape index (κ1) is 26.1. The minimum absolute atomic E-state index is 0.00151. The number of aryl methyl sites for hydroxylation is 1. The maximum absolute atomic E-state index is 6.29. The molecule has 2 aromatic heterocycles. The predicted octanol–water partition coefficient (Wildman–Crippen LogP) is 10.4. The average Bonchev–Trinajstić information content (AvgIpc) is 3.51. The fraction of sp³-hybridized carbons (Fsp3) is 0.146. The van der Waals surface area contributed by atoms with E-state index in [1.165, 1.54) is 32.8 Å². The second kappa shape index (κ2) is 10.7. The van der Waals surface area contributed by atoms with Crippen molar-refractivity contribution in [1.82, 2.24) is 15.0 Å². The van der Waals surface area contributed by atoms with Gasteiger partial charge < -0.3 is 4.42 Å². The molecular formula is C41H31N3O. The quantitative estimate of drug-likeness (QED) is 0.194. The van der Waals surface area contributed by atoms with Crippen molar-refractivity contribution in [1.29, 1.82) is 0 Å². The summed E-state index contributed by atoms with van der Waals surface area (Å²) in [5.74, 6) is 2.42. The average molecular weight is 582 g/mol. The third-order valence-corrected chi connectivity index (χ3v) is 9.51. The van der Waals surface area contributed by atoms with Crippen molar-refractivity contribution in [2.24, 2.45) is 0 Å². The van der Waals surface area contributed by atoms with Crippen molar-refractivity contribution in [3.05, 3.63) is 144 Å². The number of rotatable bonds is 4. The SMILES string of the molecule is C1=Cc2c(ccc3ccc(-c4nc(-c5ccccc5)nc(C5C=CCCC5c5cccc6oc7ccccc7c56)n4)cc23)CC1. The van der Waals surface area contributed by atoms with Crippen molar-refractivity contribution in [3.63, 3.8) is 0 Å². The van der Waals surface area contributed by atoms with Gasteiger partial charge in [-0.3, -0.25) is 0 Å². The molecule has 0 saturated heterocycles. The van der Waals surface area contributed by atoms with Crippen LogP contribution in [0.3, 0.4) is 0 Å². The Kier molecular flexibility index (Phi) is 6.19. The number of allylic oxidation sites excluding steroid dienone is 3. The first-order valence-electron chi connectivity index (χ1n) is 15.9. The number of benzene rings is 5. The molecule has 0 spiro atoms. The molecule has 45 heavy (non-hydrogen) atoms. The van der Waals surface area contributed by atoms with Gasteiger partial charge in [0.05, 0.1) is 0 Å². The Morgan fingerprint density at radius 2 is 1.47 bits per heavy atom. The van der Waals surface area contributed by atoms with Gasteiger partial charge in [-0.2, -0.15) is 0 Å². The summed E-state index contributed by atoms with van der Waals surface area (Å²) in [6.45, 7) is 0. The highest BCUT2D eigenvalue weighted by Gasteiger charge is 2.30. The number of para-hydroxylation sites is 1. The molecule has 2 heterocycles. The molecule has 5 aromatic carbocycles. The molecule has 4 nitrogen and oxygen atoms in total. The van der Waals surface area contributed by atoms with Gasteiger partial charge in [-0.15, -0.1) is 0 Å². The molecule has 216 valence electrons. The van der Waals surface area contributed by atoms with E-state index >= 15 is 0 Å². The Bertz CT molecular complexity index is 2300. The summed E-state index contributed by atoms with van der Waals surface area (Å²) >= 11 is 0. The van der Waals surface area contributed by atoms with Crippen LogP contribution in [0.2, 0.25) is 0 Å². The summed E-state index contributed by atoms with van der Waals surface area (Å²) in [6.07, 6.45) is 13.3. The fourth-order valence-corrected chi connectivity index (χ4v) is 7.33. The lowest BCUT2D eigenvalue weighted by molar-refractivity contribution is 0.535. The highest BCUT2D eigenvalue weighted by molar-refractivity contribution is 6.07. The molecule has 0 saturated carbocycles. The highest BCUT2D eigenvalue weighted by atomic mass is 16.3. The summed E-state index contributed by atoms with van der Waals surface area (Å²) < 4.78 is 6.29. The van der Waals surface area contributed by atoms with Gasteiger partial charge in [0.2, 0.25) is 0 Å². The van der Waals surface area contributed by atoms with Crippen LogP contribution < -0.4 is 0 Å². The molecular weight excluding hydrogens is 550 g/mol. The summed E-state index contributed by atoms with van der Waals surface area (Å²) in [4.78, 5) is 15.5. The van der Waals surface area contributed by atoms with Crippen LogP contribution in [0.5, 0.6) is 0 Å². The van der Waals surface area contributed by atoms with Crippen LogP contribution >= 0.6 is 0 Å². The van der Waals surface area contributed by atoms with Gasteiger partial charge in [0.25, 0.3) is 0 Å². The molecule has 0 amide bonds. The van der Waals surface area contributed by atoms with E-state index in [0.717, 1.165) is 59.2 Å². The zero-order valence-electron chi connectivity index (χ0n) is 24.9. The molecule has 9 rings (SSSR count). The van der Waals surface area contributed by atoms with E-state index < -0.39 is 0 Å². The number of nitrogens with zero attached hydrogens (tertiary/aromatic N) is 3. The van der Waals surface area contributed by atoms with Crippen molar-refractivity contribution in [2.45, 2.75) is 37.5 Å². The number of fused-ring (bicyclic) bond motifs is 6. The van der Waals surface area contributed by atoms with Crippen molar-refractivity contribution < 1.29 is 4.42 Å². The topological polar surface area (TPSA) is 51.8 Å². The first-order valence-corrected chi connectivity index (χ1v) is 15.9. The second-order valence-electron chi connectivity index (χ2n) is 12.2. The Morgan fingerprint density at radius 1 is 0.644 bits per heavy atom. The van der Waals surface area contributed by atoms with Crippen LogP contribution in [0.15, 0.2) is 126 Å². The van der Waals surface area contributed by atoms with Crippen molar-refractivity contribution in [3.8, 4) is 22.8 Å². The maximum Gasteiger partial charge on any atom is 0.163 e. The van der Waals surface area contributed by atoms with E-state index in [2.05, 4.69) is 103 Å². The first-order chi connectivity index (χ1) is 22.3. The van der Waals surface area contributed by atoms with E-state index in [9.17, 15) is 0 Å². The fourth-order valence-electron chi connectivity index (χ4n) is 7.33. The molecule has 0 bridgehead atoms. The van der Waals surface area contributed by atoms with Gasteiger partial charge in [0.15, 0.2) is 11.6 Å². The Labute approximate surface area is 261 Å². The Hall–Kier alpha value is -5.35. The second-order valence-corrected chi connectivity index (χ2v) is 12.2. The molecule has 2 atom stereocenters. The number of hydrogen-bond acceptors (Lipinski definition) is 4. The molecule has 0 aliphatic heterocycles. The van der Waals surface area contributed by atoms with Gasteiger partial charge in [-0.25, -0.2) is 15.0 Å². The van der Waals surface area contributed by atoms with Crippen molar-refractivity contribution in [2.75, 3.05) is 0 Å². The summed E-state index contributed by atoms with van der Waals surface area (Å²) in [7, 11) is 0. The summed E-state index contributed by atoms with van der Waals surface area (Å²) in [6, 6.07) is 36.2. The third-order valence-electron chi connectivity index (χ3n) is 9.51. The molecule has 2 unspecified atom stereocenters. The molecule has 2 aliphatic rings. The molecule has 2 aliphatic carbocycles. The van der Waals surface area contributed by atoms with Gasteiger partial charge in [-0.1, -0.05) is 109 Å². The van der Waals surface area contributed by atoms with E-state index in [0.29, 0.717) is 11.6 Å². The number of furan rings is 1. The molecule has 7 aromatic rings. The van der Waals surface area contributed by atoms with E-state index in [1.807, 2.05) is 24.3 Å². The van der Waals surface area contributed by atoms with E-state index in [1.54, 1.807) is 0 Å². The zero-order chi connectivity index (χ0) is 29.7. The van der Waals surface area contributed by atoms with E-state index in [-0.39, 0.29) is 11.8 Å². The lowest BCUT2D eigenvalue weighted by Gasteiger charge is -2.28. The van der Waals surface area contributed by atoms with E-state index in [4.69, 9.17) is 19.4 Å². The third kappa shape index (κ3) is 4.48. The lowest BCUT2D eigenvalue weighted by atomic mass is 9.77.